The van der Waals surface area contributed by atoms with Crippen LogP contribution in [0.15, 0.2) is 30.3 Å². The van der Waals surface area contributed by atoms with Crippen molar-refractivity contribution in [3.8, 4) is 5.75 Å². The maximum Gasteiger partial charge on any atom is 0.129 e. The van der Waals surface area contributed by atoms with E-state index in [1.165, 1.54) is 0 Å². The summed E-state index contributed by atoms with van der Waals surface area (Å²) in [5.41, 5.74) is 1.03. The van der Waals surface area contributed by atoms with Crippen LogP contribution < -0.4 is 9.64 Å². The van der Waals surface area contributed by atoms with Gasteiger partial charge in [0.2, 0.25) is 0 Å². The molecule has 0 spiro atoms. The highest BCUT2D eigenvalue weighted by atomic mass is 16.5. The molecule has 1 saturated heterocycles. The smallest absolute Gasteiger partial charge is 0.129 e. The lowest BCUT2D eigenvalue weighted by Gasteiger charge is -2.37. The number of rotatable bonds is 3. The molecule has 1 aliphatic rings. The predicted molar refractivity (Wildman–Crippen MR) is 87.2 cm³/mol. The molecule has 0 bridgehead atoms. The van der Waals surface area contributed by atoms with Crippen molar-refractivity contribution in [2.24, 2.45) is 0 Å². The summed E-state index contributed by atoms with van der Waals surface area (Å²) >= 11 is 0. The van der Waals surface area contributed by atoms with Crippen LogP contribution in [0.3, 0.4) is 0 Å². The minimum Gasteiger partial charge on any atom is -0.497 e. The summed E-state index contributed by atoms with van der Waals surface area (Å²) < 4.78 is 5.26. The van der Waals surface area contributed by atoms with Gasteiger partial charge >= 0.3 is 0 Å². The normalized spacial score (nSPS) is 16.7. The lowest BCUT2D eigenvalue weighted by molar-refractivity contribution is 0.209. The number of pyridine rings is 1. The van der Waals surface area contributed by atoms with E-state index in [9.17, 15) is 0 Å². The number of ether oxygens (including phenoxy) is 1. The highest BCUT2D eigenvalue weighted by molar-refractivity contribution is 5.81. The Morgan fingerprint density at radius 3 is 2.48 bits per heavy atom. The van der Waals surface area contributed by atoms with Crippen LogP contribution in [0.1, 0.15) is 13.8 Å². The molecule has 0 amide bonds. The molecule has 0 N–H and O–H groups in total. The Bertz CT molecular complexity index is 618. The fourth-order valence-electron chi connectivity index (χ4n) is 2.86. The summed E-state index contributed by atoms with van der Waals surface area (Å²) in [7, 11) is 1.69. The maximum absolute atomic E-state index is 5.26. The van der Waals surface area contributed by atoms with Gasteiger partial charge in [-0.15, -0.1) is 0 Å². The SMILES string of the molecule is COc1ccc2nc(N3CCN(C(C)C)CC3)ccc2c1. The molecular weight excluding hydrogens is 262 g/mol. The van der Waals surface area contributed by atoms with Crippen molar-refractivity contribution in [1.29, 1.82) is 0 Å². The van der Waals surface area contributed by atoms with Crippen molar-refractivity contribution in [2.45, 2.75) is 19.9 Å². The minimum absolute atomic E-state index is 0.629. The first-order valence-electron chi connectivity index (χ1n) is 7.61. The standard InChI is InChI=1S/C17H23N3O/c1-13(2)19-8-10-20(11-9-19)17-7-4-14-12-15(21-3)5-6-16(14)18-17/h4-7,12-13H,8-11H2,1-3H3. The van der Waals surface area contributed by atoms with Crippen molar-refractivity contribution in [3.63, 3.8) is 0 Å². The Kier molecular flexibility index (Phi) is 3.97. The molecule has 1 aromatic heterocycles. The van der Waals surface area contributed by atoms with Crippen LogP contribution in [0.4, 0.5) is 5.82 Å². The fraction of sp³-hybridized carbons (Fsp3) is 0.471. The van der Waals surface area contributed by atoms with E-state index in [1.807, 2.05) is 18.2 Å². The van der Waals surface area contributed by atoms with Gasteiger partial charge in [0.15, 0.2) is 0 Å². The van der Waals surface area contributed by atoms with Crippen molar-refractivity contribution in [2.75, 3.05) is 38.2 Å². The van der Waals surface area contributed by atoms with Gasteiger partial charge in [0.1, 0.15) is 11.6 Å². The molecule has 1 aromatic carbocycles. The molecule has 2 aromatic rings. The zero-order valence-electron chi connectivity index (χ0n) is 13.0. The largest absolute Gasteiger partial charge is 0.497 e. The lowest BCUT2D eigenvalue weighted by atomic mass is 10.2. The molecule has 0 atom stereocenters. The first-order chi connectivity index (χ1) is 10.2. The Hall–Kier alpha value is -1.81. The molecule has 1 aliphatic heterocycles. The third-order valence-corrected chi connectivity index (χ3v) is 4.25. The van der Waals surface area contributed by atoms with Gasteiger partial charge < -0.3 is 9.64 Å². The van der Waals surface area contributed by atoms with E-state index in [4.69, 9.17) is 9.72 Å². The molecule has 4 nitrogen and oxygen atoms in total. The zero-order chi connectivity index (χ0) is 14.8. The number of hydrogen-bond acceptors (Lipinski definition) is 4. The van der Waals surface area contributed by atoms with Gasteiger partial charge in [-0.1, -0.05) is 0 Å². The van der Waals surface area contributed by atoms with E-state index >= 15 is 0 Å². The number of benzene rings is 1. The van der Waals surface area contributed by atoms with E-state index < -0.39 is 0 Å². The third kappa shape index (κ3) is 2.95. The summed E-state index contributed by atoms with van der Waals surface area (Å²) in [6.45, 7) is 8.84. The first kappa shape index (κ1) is 14.1. The molecule has 2 heterocycles. The van der Waals surface area contributed by atoms with Crippen molar-refractivity contribution < 1.29 is 4.74 Å². The third-order valence-electron chi connectivity index (χ3n) is 4.25. The Balaban J connectivity index is 1.79. The quantitative estimate of drug-likeness (QED) is 0.867. The molecule has 0 saturated carbocycles. The van der Waals surface area contributed by atoms with Crippen LogP contribution in [0.25, 0.3) is 10.9 Å². The summed E-state index contributed by atoms with van der Waals surface area (Å²) in [5.74, 6) is 1.96. The number of piperazine rings is 1. The number of methoxy groups -OCH3 is 1. The number of aromatic nitrogens is 1. The first-order valence-corrected chi connectivity index (χ1v) is 7.61. The van der Waals surface area contributed by atoms with Gasteiger partial charge in [0.25, 0.3) is 0 Å². The Morgan fingerprint density at radius 2 is 1.81 bits per heavy atom. The van der Waals surface area contributed by atoms with E-state index in [1.54, 1.807) is 7.11 Å². The fourth-order valence-corrected chi connectivity index (χ4v) is 2.86. The molecule has 0 unspecified atom stereocenters. The topological polar surface area (TPSA) is 28.6 Å². The van der Waals surface area contributed by atoms with Gasteiger partial charge in [0, 0.05) is 37.6 Å². The zero-order valence-corrected chi connectivity index (χ0v) is 13.0. The van der Waals surface area contributed by atoms with Gasteiger partial charge in [-0.25, -0.2) is 4.98 Å². The minimum atomic E-state index is 0.629. The maximum atomic E-state index is 5.26. The average Bonchev–Trinajstić information content (AvgIpc) is 2.54. The molecule has 4 heteroatoms. The highest BCUT2D eigenvalue weighted by Crippen LogP contribution is 2.23. The Labute approximate surface area is 126 Å². The molecule has 0 radical (unpaired) electrons. The van der Waals surface area contributed by atoms with Gasteiger partial charge in [-0.3, -0.25) is 4.90 Å². The monoisotopic (exact) mass is 285 g/mol. The number of anilines is 1. The summed E-state index contributed by atoms with van der Waals surface area (Å²) in [4.78, 5) is 9.69. The van der Waals surface area contributed by atoms with Crippen LogP contribution in [0.2, 0.25) is 0 Å². The van der Waals surface area contributed by atoms with Gasteiger partial charge in [-0.2, -0.15) is 0 Å². The summed E-state index contributed by atoms with van der Waals surface area (Å²) in [6.07, 6.45) is 0. The van der Waals surface area contributed by atoms with Crippen LogP contribution in [-0.2, 0) is 0 Å². The number of fused-ring (bicyclic) bond motifs is 1. The lowest BCUT2D eigenvalue weighted by Crippen LogP contribution is -2.49. The average molecular weight is 285 g/mol. The molecule has 21 heavy (non-hydrogen) atoms. The summed E-state index contributed by atoms with van der Waals surface area (Å²) in [5, 5.41) is 1.12. The predicted octanol–water partition coefficient (Wildman–Crippen LogP) is 2.77. The number of hydrogen-bond donors (Lipinski definition) is 0. The second-order valence-electron chi connectivity index (χ2n) is 5.84. The second-order valence-corrected chi connectivity index (χ2v) is 5.84. The van der Waals surface area contributed by atoms with E-state index in [0.29, 0.717) is 6.04 Å². The van der Waals surface area contributed by atoms with Crippen molar-refractivity contribution in [3.05, 3.63) is 30.3 Å². The molecule has 1 fully saturated rings. The van der Waals surface area contributed by atoms with E-state index in [0.717, 1.165) is 48.6 Å². The van der Waals surface area contributed by atoms with Gasteiger partial charge in [-0.05, 0) is 44.2 Å². The number of nitrogens with zero attached hydrogens (tertiary/aromatic N) is 3. The van der Waals surface area contributed by atoms with Gasteiger partial charge in [0.05, 0.1) is 12.6 Å². The van der Waals surface area contributed by atoms with Crippen LogP contribution in [0.5, 0.6) is 5.75 Å². The van der Waals surface area contributed by atoms with Crippen LogP contribution in [-0.4, -0.2) is 49.2 Å². The Morgan fingerprint density at radius 1 is 1.05 bits per heavy atom. The molecular formula is C17H23N3O. The summed E-state index contributed by atoms with van der Waals surface area (Å²) in [6, 6.07) is 10.9. The molecule has 0 aliphatic carbocycles. The van der Waals surface area contributed by atoms with Crippen molar-refractivity contribution in [1.82, 2.24) is 9.88 Å². The highest BCUT2D eigenvalue weighted by Gasteiger charge is 2.19. The van der Waals surface area contributed by atoms with Crippen molar-refractivity contribution >= 4 is 16.7 Å². The van der Waals surface area contributed by atoms with E-state index in [2.05, 4.69) is 35.8 Å². The molecule has 112 valence electrons. The molecule has 3 rings (SSSR count). The van der Waals surface area contributed by atoms with Crippen LogP contribution >= 0.6 is 0 Å². The van der Waals surface area contributed by atoms with Crippen LogP contribution in [0, 0.1) is 0 Å². The van der Waals surface area contributed by atoms with E-state index in [-0.39, 0.29) is 0 Å². The second kappa shape index (κ2) is 5.90.